The Morgan fingerprint density at radius 2 is 1.62 bits per heavy atom. The predicted octanol–water partition coefficient (Wildman–Crippen LogP) is 2.70. The molecule has 1 aromatic carbocycles. The fourth-order valence-corrected chi connectivity index (χ4v) is 3.70. The highest BCUT2D eigenvalue weighted by Gasteiger charge is 2.22. The molecule has 0 aliphatic rings. The summed E-state index contributed by atoms with van der Waals surface area (Å²) in [5.74, 6) is 0. The van der Waals surface area contributed by atoms with Crippen LogP contribution in [-0.4, -0.2) is 13.4 Å². The maximum Gasteiger partial charge on any atom is 0.264 e. The Balaban J connectivity index is 2.51. The minimum atomic E-state index is -3.75. The van der Waals surface area contributed by atoms with Crippen molar-refractivity contribution in [2.24, 2.45) is 0 Å². The molecule has 3 N–H and O–H groups in total. The van der Waals surface area contributed by atoms with Gasteiger partial charge in [0.15, 0.2) is 0 Å². The van der Waals surface area contributed by atoms with Gasteiger partial charge in [-0.1, -0.05) is 12.1 Å². The molecule has 0 fully saturated rings. The SMILES string of the molecule is Cc1ccc(NS(=O)(=O)c2c(C)ccc(C)c2N)c(C)n1. The fraction of sp³-hybridized carbons (Fsp3) is 0.267. The second kappa shape index (κ2) is 5.37. The first kappa shape index (κ1) is 15.3. The molecule has 0 aliphatic carbocycles. The van der Waals surface area contributed by atoms with Gasteiger partial charge >= 0.3 is 0 Å². The summed E-state index contributed by atoms with van der Waals surface area (Å²) in [6, 6.07) is 7.02. The highest BCUT2D eigenvalue weighted by molar-refractivity contribution is 7.93. The van der Waals surface area contributed by atoms with Crippen LogP contribution in [0.25, 0.3) is 0 Å². The highest BCUT2D eigenvalue weighted by Crippen LogP contribution is 2.28. The number of rotatable bonds is 3. The van der Waals surface area contributed by atoms with Gasteiger partial charge in [-0.05, 0) is 51.0 Å². The lowest BCUT2D eigenvalue weighted by molar-refractivity contribution is 0.601. The molecular weight excluding hydrogens is 286 g/mol. The number of nitrogen functional groups attached to an aromatic ring is 1. The molecule has 1 heterocycles. The molecule has 5 nitrogen and oxygen atoms in total. The van der Waals surface area contributed by atoms with Crippen LogP contribution in [0.1, 0.15) is 22.5 Å². The predicted molar refractivity (Wildman–Crippen MR) is 84.8 cm³/mol. The van der Waals surface area contributed by atoms with Gasteiger partial charge < -0.3 is 5.73 Å². The molecule has 0 unspecified atom stereocenters. The number of aryl methyl sites for hydroxylation is 4. The van der Waals surface area contributed by atoms with Crippen molar-refractivity contribution in [1.82, 2.24) is 4.98 Å². The van der Waals surface area contributed by atoms with Crippen LogP contribution < -0.4 is 10.5 Å². The van der Waals surface area contributed by atoms with Gasteiger partial charge in [-0.3, -0.25) is 9.71 Å². The summed E-state index contributed by atoms with van der Waals surface area (Å²) in [6.45, 7) is 7.13. The summed E-state index contributed by atoms with van der Waals surface area (Å²) in [4.78, 5) is 4.38. The number of pyridine rings is 1. The van der Waals surface area contributed by atoms with E-state index < -0.39 is 10.0 Å². The molecule has 2 rings (SSSR count). The largest absolute Gasteiger partial charge is 0.397 e. The molecule has 112 valence electrons. The number of anilines is 2. The topological polar surface area (TPSA) is 85.1 Å². The zero-order valence-corrected chi connectivity index (χ0v) is 13.4. The van der Waals surface area contributed by atoms with Gasteiger partial charge in [0.25, 0.3) is 10.0 Å². The average molecular weight is 305 g/mol. The van der Waals surface area contributed by atoms with Crippen molar-refractivity contribution in [2.75, 3.05) is 10.5 Å². The standard InChI is InChI=1S/C15H19N3O2S/c1-9-5-6-10(2)15(14(9)16)21(19,20)18-13-8-7-11(3)17-12(13)4/h5-8,18H,16H2,1-4H3. The van der Waals surface area contributed by atoms with Crippen LogP contribution in [0.15, 0.2) is 29.2 Å². The number of aromatic nitrogens is 1. The lowest BCUT2D eigenvalue weighted by Crippen LogP contribution is -2.17. The monoisotopic (exact) mass is 305 g/mol. The molecule has 0 atom stereocenters. The number of nitrogens with two attached hydrogens (primary N) is 1. The Hall–Kier alpha value is -2.08. The number of nitrogens with one attached hydrogen (secondary N) is 1. The van der Waals surface area contributed by atoms with E-state index in [0.717, 1.165) is 11.3 Å². The van der Waals surface area contributed by atoms with Crippen LogP contribution in [0.3, 0.4) is 0 Å². The quantitative estimate of drug-likeness (QED) is 0.854. The van der Waals surface area contributed by atoms with Gasteiger partial charge in [0.1, 0.15) is 4.90 Å². The summed E-state index contributed by atoms with van der Waals surface area (Å²) < 4.78 is 27.8. The van der Waals surface area contributed by atoms with Crippen LogP contribution in [0.2, 0.25) is 0 Å². The molecule has 0 amide bonds. The Morgan fingerprint density at radius 3 is 2.24 bits per heavy atom. The third-order valence-electron chi connectivity index (χ3n) is 3.35. The van der Waals surface area contributed by atoms with Crippen LogP contribution >= 0.6 is 0 Å². The first-order valence-electron chi connectivity index (χ1n) is 6.55. The second-order valence-electron chi connectivity index (χ2n) is 5.13. The molecule has 1 aromatic heterocycles. The number of hydrogen-bond donors (Lipinski definition) is 2. The third-order valence-corrected chi connectivity index (χ3v) is 4.92. The highest BCUT2D eigenvalue weighted by atomic mass is 32.2. The minimum absolute atomic E-state index is 0.127. The molecule has 0 aliphatic heterocycles. The number of benzene rings is 1. The van der Waals surface area contributed by atoms with Gasteiger partial charge in [-0.25, -0.2) is 8.42 Å². The lowest BCUT2D eigenvalue weighted by atomic mass is 10.1. The van der Waals surface area contributed by atoms with Crippen molar-refractivity contribution in [3.05, 3.63) is 46.8 Å². The molecule has 0 saturated heterocycles. The number of sulfonamides is 1. The maximum atomic E-state index is 12.6. The maximum absolute atomic E-state index is 12.6. The third kappa shape index (κ3) is 3.00. The summed E-state index contributed by atoms with van der Waals surface area (Å²) in [7, 11) is -3.75. The first-order valence-corrected chi connectivity index (χ1v) is 8.03. The smallest absolute Gasteiger partial charge is 0.264 e. The van der Waals surface area contributed by atoms with E-state index in [-0.39, 0.29) is 10.6 Å². The van der Waals surface area contributed by atoms with E-state index >= 15 is 0 Å². The zero-order valence-electron chi connectivity index (χ0n) is 12.6. The van der Waals surface area contributed by atoms with E-state index in [1.165, 1.54) is 0 Å². The van der Waals surface area contributed by atoms with Gasteiger partial charge in [-0.15, -0.1) is 0 Å². The number of hydrogen-bond acceptors (Lipinski definition) is 4. The fourth-order valence-electron chi connectivity index (χ4n) is 2.15. The van der Waals surface area contributed by atoms with E-state index in [1.54, 1.807) is 39.0 Å². The van der Waals surface area contributed by atoms with E-state index in [0.29, 0.717) is 16.9 Å². The lowest BCUT2D eigenvalue weighted by Gasteiger charge is -2.15. The van der Waals surface area contributed by atoms with Crippen molar-refractivity contribution in [3.63, 3.8) is 0 Å². The number of nitrogens with zero attached hydrogens (tertiary/aromatic N) is 1. The molecule has 0 spiro atoms. The van der Waals surface area contributed by atoms with Crippen molar-refractivity contribution < 1.29 is 8.42 Å². The summed E-state index contributed by atoms with van der Waals surface area (Å²) >= 11 is 0. The van der Waals surface area contributed by atoms with E-state index in [9.17, 15) is 8.42 Å². The van der Waals surface area contributed by atoms with Crippen LogP contribution in [-0.2, 0) is 10.0 Å². The van der Waals surface area contributed by atoms with Crippen LogP contribution in [0.5, 0.6) is 0 Å². The Labute approximate surface area is 125 Å². The Bertz CT molecular complexity index is 799. The van der Waals surface area contributed by atoms with Gasteiger partial charge in [-0.2, -0.15) is 0 Å². The average Bonchev–Trinajstić information content (AvgIpc) is 2.37. The Morgan fingerprint density at radius 1 is 1.00 bits per heavy atom. The molecule has 6 heteroatoms. The summed E-state index contributed by atoms with van der Waals surface area (Å²) in [5.41, 5.74) is 9.50. The van der Waals surface area contributed by atoms with Crippen molar-refractivity contribution >= 4 is 21.4 Å². The molecule has 2 aromatic rings. The summed E-state index contributed by atoms with van der Waals surface area (Å²) in [5, 5.41) is 0. The van der Waals surface area contributed by atoms with Gasteiger partial charge in [0.2, 0.25) is 0 Å². The summed E-state index contributed by atoms with van der Waals surface area (Å²) in [6.07, 6.45) is 0. The Kier molecular flexibility index (Phi) is 3.91. The minimum Gasteiger partial charge on any atom is -0.397 e. The van der Waals surface area contributed by atoms with Gasteiger partial charge in [0, 0.05) is 5.69 Å². The molecule has 0 radical (unpaired) electrons. The molecule has 21 heavy (non-hydrogen) atoms. The van der Waals surface area contributed by atoms with Gasteiger partial charge in [0.05, 0.1) is 17.1 Å². The van der Waals surface area contributed by atoms with Crippen molar-refractivity contribution in [3.8, 4) is 0 Å². The molecular formula is C15H19N3O2S. The van der Waals surface area contributed by atoms with Crippen molar-refractivity contribution in [2.45, 2.75) is 32.6 Å². The van der Waals surface area contributed by atoms with E-state index in [1.807, 2.05) is 13.0 Å². The second-order valence-corrected chi connectivity index (χ2v) is 6.75. The zero-order chi connectivity index (χ0) is 15.8. The van der Waals surface area contributed by atoms with Crippen molar-refractivity contribution in [1.29, 1.82) is 0 Å². The van der Waals surface area contributed by atoms with Crippen LogP contribution in [0.4, 0.5) is 11.4 Å². The first-order chi connectivity index (χ1) is 9.72. The molecule has 0 saturated carbocycles. The normalized spacial score (nSPS) is 11.4. The van der Waals surface area contributed by atoms with E-state index in [4.69, 9.17) is 5.73 Å². The van der Waals surface area contributed by atoms with Crippen LogP contribution in [0, 0.1) is 27.7 Å². The van der Waals surface area contributed by atoms with E-state index in [2.05, 4.69) is 9.71 Å². The molecule has 0 bridgehead atoms.